The molecular weight excluding hydrogens is 304 g/mol. The Hall–Kier alpha value is -1.60. The second-order valence-electron chi connectivity index (χ2n) is 9.01. The first-order valence-corrected chi connectivity index (χ1v) is 9.43. The number of benzene rings is 2. The summed E-state index contributed by atoms with van der Waals surface area (Å²) in [6.45, 7) is 15.1. The molecule has 0 N–H and O–H groups in total. The molecule has 2 aromatic rings. The van der Waals surface area contributed by atoms with E-state index in [1.54, 1.807) is 0 Å². The van der Waals surface area contributed by atoms with Crippen LogP contribution >= 0.6 is 0 Å². The van der Waals surface area contributed by atoms with Crippen molar-refractivity contribution < 1.29 is 4.74 Å². The van der Waals surface area contributed by atoms with Crippen molar-refractivity contribution in [2.24, 2.45) is 0 Å². The Balaban J connectivity index is 1.71. The molecule has 0 unspecified atom stereocenters. The molecule has 0 radical (unpaired) electrons. The molecule has 0 amide bonds. The lowest BCUT2D eigenvalue weighted by atomic mass is 9.86. The van der Waals surface area contributed by atoms with E-state index in [9.17, 15) is 0 Å². The second kappa shape index (κ2) is 8.19. The van der Waals surface area contributed by atoms with Gasteiger partial charge in [0.15, 0.2) is 0 Å². The van der Waals surface area contributed by atoms with Crippen molar-refractivity contribution in [1.82, 2.24) is 0 Å². The fourth-order valence-electron chi connectivity index (χ4n) is 2.82. The highest BCUT2D eigenvalue weighted by molar-refractivity contribution is 5.28. The molecule has 136 valence electrons. The number of rotatable bonds is 6. The summed E-state index contributed by atoms with van der Waals surface area (Å²) in [5.41, 5.74) is 5.91. The molecular formula is C24H34O. The van der Waals surface area contributed by atoms with Crippen LogP contribution in [0.15, 0.2) is 48.5 Å². The van der Waals surface area contributed by atoms with Crippen molar-refractivity contribution in [3.05, 3.63) is 70.8 Å². The molecule has 0 bridgehead atoms. The van der Waals surface area contributed by atoms with E-state index in [0.29, 0.717) is 0 Å². The van der Waals surface area contributed by atoms with E-state index in [-0.39, 0.29) is 10.8 Å². The zero-order chi connectivity index (χ0) is 18.5. The van der Waals surface area contributed by atoms with E-state index < -0.39 is 0 Å². The van der Waals surface area contributed by atoms with Gasteiger partial charge in [0, 0.05) is 0 Å². The maximum atomic E-state index is 5.84. The van der Waals surface area contributed by atoms with Gasteiger partial charge in [-0.1, -0.05) is 90.1 Å². The summed E-state index contributed by atoms with van der Waals surface area (Å²) in [5.74, 6) is 0. The molecule has 0 atom stereocenters. The van der Waals surface area contributed by atoms with Crippen LogP contribution in [0.25, 0.3) is 0 Å². The van der Waals surface area contributed by atoms with Gasteiger partial charge in [-0.2, -0.15) is 0 Å². The molecule has 25 heavy (non-hydrogen) atoms. The van der Waals surface area contributed by atoms with Crippen LogP contribution in [0.3, 0.4) is 0 Å². The van der Waals surface area contributed by atoms with Crippen molar-refractivity contribution in [1.29, 1.82) is 0 Å². The van der Waals surface area contributed by atoms with Gasteiger partial charge < -0.3 is 4.74 Å². The maximum Gasteiger partial charge on any atom is 0.0506 e. The normalized spacial score (nSPS) is 12.4. The predicted molar refractivity (Wildman–Crippen MR) is 109 cm³/mol. The van der Waals surface area contributed by atoms with Crippen LogP contribution in [0, 0.1) is 0 Å². The van der Waals surface area contributed by atoms with Gasteiger partial charge in [-0.05, 0) is 45.9 Å². The van der Waals surface area contributed by atoms with Gasteiger partial charge in [0.1, 0.15) is 0 Å². The van der Waals surface area contributed by atoms with Crippen LogP contribution in [0.1, 0.15) is 63.8 Å². The molecule has 0 fully saturated rings. The fourth-order valence-corrected chi connectivity index (χ4v) is 2.82. The largest absolute Gasteiger partial charge is 0.381 e. The van der Waals surface area contributed by atoms with E-state index in [2.05, 4.69) is 90.1 Å². The van der Waals surface area contributed by atoms with E-state index in [4.69, 9.17) is 4.74 Å². The smallest absolute Gasteiger partial charge is 0.0506 e. The molecule has 2 rings (SSSR count). The molecule has 1 heteroatoms. The van der Waals surface area contributed by atoms with Crippen molar-refractivity contribution >= 4 is 0 Å². The summed E-state index contributed by atoms with van der Waals surface area (Å²) in [6, 6.07) is 17.9. The SMILES string of the molecule is CC(C)(C)c1ccc(CCOCCc2ccc(C(C)(C)C)cc2)cc1. The van der Waals surface area contributed by atoms with E-state index in [0.717, 1.165) is 26.1 Å². The molecule has 0 saturated heterocycles. The Bertz CT molecular complexity index is 577. The minimum Gasteiger partial charge on any atom is -0.381 e. The Kier molecular flexibility index (Phi) is 6.46. The lowest BCUT2D eigenvalue weighted by Crippen LogP contribution is -2.11. The predicted octanol–water partition coefficient (Wildman–Crippen LogP) is 6.08. The summed E-state index contributed by atoms with van der Waals surface area (Å²) in [6.07, 6.45) is 1.96. The fraction of sp³-hybridized carbons (Fsp3) is 0.500. The van der Waals surface area contributed by atoms with Crippen LogP contribution in [0.5, 0.6) is 0 Å². The first-order valence-electron chi connectivity index (χ1n) is 9.43. The van der Waals surface area contributed by atoms with Crippen LogP contribution in [-0.4, -0.2) is 13.2 Å². The monoisotopic (exact) mass is 338 g/mol. The van der Waals surface area contributed by atoms with Crippen LogP contribution < -0.4 is 0 Å². The van der Waals surface area contributed by atoms with Gasteiger partial charge in [-0.25, -0.2) is 0 Å². The minimum absolute atomic E-state index is 0.220. The zero-order valence-electron chi connectivity index (χ0n) is 16.9. The maximum absolute atomic E-state index is 5.84. The quantitative estimate of drug-likeness (QED) is 0.580. The average Bonchev–Trinajstić information content (AvgIpc) is 2.54. The van der Waals surface area contributed by atoms with Crippen molar-refractivity contribution in [3.8, 4) is 0 Å². The topological polar surface area (TPSA) is 9.23 Å². The van der Waals surface area contributed by atoms with Crippen molar-refractivity contribution in [2.75, 3.05) is 13.2 Å². The Morgan fingerprint density at radius 1 is 0.560 bits per heavy atom. The molecule has 0 aromatic heterocycles. The minimum atomic E-state index is 0.220. The summed E-state index contributed by atoms with van der Waals surface area (Å²) < 4.78 is 5.84. The highest BCUT2D eigenvalue weighted by Gasteiger charge is 2.13. The molecule has 0 aliphatic rings. The molecule has 0 aliphatic carbocycles. The van der Waals surface area contributed by atoms with Crippen LogP contribution in [-0.2, 0) is 28.4 Å². The lowest BCUT2D eigenvalue weighted by Gasteiger charge is -2.19. The van der Waals surface area contributed by atoms with Gasteiger partial charge >= 0.3 is 0 Å². The third kappa shape index (κ3) is 6.32. The van der Waals surface area contributed by atoms with Crippen LogP contribution in [0.2, 0.25) is 0 Å². The van der Waals surface area contributed by atoms with Crippen molar-refractivity contribution in [2.45, 2.75) is 65.2 Å². The van der Waals surface area contributed by atoms with Gasteiger partial charge in [-0.3, -0.25) is 0 Å². The number of hydrogen-bond donors (Lipinski definition) is 0. The first-order chi connectivity index (χ1) is 11.7. The Morgan fingerprint density at radius 2 is 0.880 bits per heavy atom. The van der Waals surface area contributed by atoms with Crippen LogP contribution in [0.4, 0.5) is 0 Å². The molecule has 0 heterocycles. The van der Waals surface area contributed by atoms with E-state index >= 15 is 0 Å². The highest BCUT2D eigenvalue weighted by atomic mass is 16.5. The van der Waals surface area contributed by atoms with E-state index in [1.165, 1.54) is 22.3 Å². The molecule has 0 spiro atoms. The summed E-state index contributed by atoms with van der Waals surface area (Å²) in [7, 11) is 0. The zero-order valence-corrected chi connectivity index (χ0v) is 16.9. The summed E-state index contributed by atoms with van der Waals surface area (Å²) in [4.78, 5) is 0. The lowest BCUT2D eigenvalue weighted by molar-refractivity contribution is 0.140. The van der Waals surface area contributed by atoms with Gasteiger partial charge in [-0.15, -0.1) is 0 Å². The third-order valence-electron chi connectivity index (χ3n) is 4.71. The van der Waals surface area contributed by atoms with Crippen molar-refractivity contribution in [3.63, 3.8) is 0 Å². The average molecular weight is 339 g/mol. The number of ether oxygens (including phenoxy) is 1. The summed E-state index contributed by atoms with van der Waals surface area (Å²) in [5, 5.41) is 0. The Morgan fingerprint density at radius 3 is 1.16 bits per heavy atom. The first kappa shape index (κ1) is 19.7. The molecule has 0 saturated carbocycles. The standard InChI is InChI=1S/C24H34O/c1-23(2,3)21-11-7-19(8-12-21)15-17-25-18-16-20-9-13-22(14-10-20)24(4,5)6/h7-14H,15-18H2,1-6H3. The third-order valence-corrected chi connectivity index (χ3v) is 4.71. The van der Waals surface area contributed by atoms with Gasteiger partial charge in [0.2, 0.25) is 0 Å². The molecule has 1 nitrogen and oxygen atoms in total. The second-order valence-corrected chi connectivity index (χ2v) is 9.01. The summed E-state index contributed by atoms with van der Waals surface area (Å²) >= 11 is 0. The molecule has 2 aromatic carbocycles. The van der Waals surface area contributed by atoms with Gasteiger partial charge in [0.25, 0.3) is 0 Å². The van der Waals surface area contributed by atoms with E-state index in [1.807, 2.05) is 0 Å². The number of hydrogen-bond acceptors (Lipinski definition) is 1. The highest BCUT2D eigenvalue weighted by Crippen LogP contribution is 2.23. The van der Waals surface area contributed by atoms with Gasteiger partial charge in [0.05, 0.1) is 13.2 Å². The Labute approximate surface area is 154 Å². The molecule has 0 aliphatic heterocycles.